The predicted molar refractivity (Wildman–Crippen MR) is 110 cm³/mol. The van der Waals surface area contributed by atoms with Crippen molar-refractivity contribution in [3.63, 3.8) is 0 Å². The Balaban J connectivity index is 1.49. The molecule has 28 heavy (non-hydrogen) atoms. The van der Waals surface area contributed by atoms with Gasteiger partial charge >= 0.3 is 0 Å². The van der Waals surface area contributed by atoms with Crippen LogP contribution in [-0.4, -0.2) is 31.7 Å². The number of nitrogens with zero attached hydrogens (tertiary/aromatic N) is 2. The van der Waals surface area contributed by atoms with Crippen molar-refractivity contribution in [3.8, 4) is 11.5 Å². The van der Waals surface area contributed by atoms with Crippen LogP contribution in [0.1, 0.15) is 11.1 Å². The molecule has 3 aromatic rings. The molecule has 6 nitrogen and oxygen atoms in total. The summed E-state index contributed by atoms with van der Waals surface area (Å²) in [6.45, 7) is 0.692. The summed E-state index contributed by atoms with van der Waals surface area (Å²) in [5.74, 6) is 2.13. The Morgan fingerprint density at radius 2 is 1.82 bits per heavy atom. The molecule has 2 heterocycles. The topological polar surface area (TPSA) is 63.7 Å². The fraction of sp³-hybridized carbons (Fsp3) is 0.182. The lowest BCUT2D eigenvalue weighted by atomic mass is 10.1. The Labute approximate surface area is 163 Å². The summed E-state index contributed by atoms with van der Waals surface area (Å²) in [7, 11) is 3.26. The number of rotatable bonds is 5. The monoisotopic (exact) mass is 375 g/mol. The Morgan fingerprint density at radius 1 is 1.07 bits per heavy atom. The Hall–Kier alpha value is -3.54. The van der Waals surface area contributed by atoms with Gasteiger partial charge < -0.3 is 9.47 Å². The number of hydrogen-bond donors (Lipinski definition) is 1. The van der Waals surface area contributed by atoms with Gasteiger partial charge in [-0.3, -0.25) is 15.2 Å². The molecule has 0 aliphatic carbocycles. The lowest BCUT2D eigenvalue weighted by Crippen LogP contribution is -2.40. The summed E-state index contributed by atoms with van der Waals surface area (Å²) in [4.78, 5) is 17.1. The normalized spacial score (nSPS) is 13.0. The number of carbonyl (C=O) groups excluding carboxylic acids is 1. The lowest BCUT2D eigenvalue weighted by Gasteiger charge is -2.18. The summed E-state index contributed by atoms with van der Waals surface area (Å²) in [6, 6.07) is 15.5. The van der Waals surface area contributed by atoms with Crippen LogP contribution in [0.2, 0.25) is 0 Å². The van der Waals surface area contributed by atoms with Crippen molar-refractivity contribution in [2.45, 2.75) is 6.42 Å². The molecule has 0 bridgehead atoms. The van der Waals surface area contributed by atoms with Gasteiger partial charge in [-0.15, -0.1) is 0 Å². The van der Waals surface area contributed by atoms with E-state index < -0.39 is 0 Å². The lowest BCUT2D eigenvalue weighted by molar-refractivity contribution is -0.116. The average Bonchev–Trinajstić information content (AvgIpc) is 3.12. The van der Waals surface area contributed by atoms with E-state index in [1.165, 1.54) is 6.08 Å². The van der Waals surface area contributed by atoms with Crippen LogP contribution in [0, 0.1) is 0 Å². The number of methoxy groups -OCH3 is 2. The van der Waals surface area contributed by atoms with Crippen LogP contribution >= 0.6 is 0 Å². The molecule has 142 valence electrons. The number of fused-ring (bicyclic) bond motifs is 2. The minimum Gasteiger partial charge on any atom is -0.497 e. The zero-order valence-corrected chi connectivity index (χ0v) is 15.8. The van der Waals surface area contributed by atoms with Crippen molar-refractivity contribution < 1.29 is 14.3 Å². The van der Waals surface area contributed by atoms with Crippen molar-refractivity contribution >= 4 is 28.7 Å². The van der Waals surface area contributed by atoms with Crippen LogP contribution in [-0.2, 0) is 11.2 Å². The first-order chi connectivity index (χ1) is 13.7. The van der Waals surface area contributed by atoms with Gasteiger partial charge in [-0.1, -0.05) is 12.1 Å². The van der Waals surface area contributed by atoms with E-state index in [1.807, 2.05) is 42.5 Å². The number of carbonyl (C=O) groups is 1. The fourth-order valence-corrected chi connectivity index (χ4v) is 3.23. The molecule has 1 aliphatic rings. The van der Waals surface area contributed by atoms with Crippen LogP contribution in [0.4, 0.5) is 5.82 Å². The summed E-state index contributed by atoms with van der Waals surface area (Å²) in [5, 5.41) is 2.86. The zero-order chi connectivity index (χ0) is 19.5. The smallest absolute Gasteiger partial charge is 0.262 e. The first-order valence-corrected chi connectivity index (χ1v) is 9.04. The third kappa shape index (κ3) is 3.62. The van der Waals surface area contributed by atoms with Gasteiger partial charge in [0.05, 0.1) is 19.7 Å². The maximum atomic E-state index is 12.4. The standard InChI is InChI=1S/C22H21N3O3/c1-27-18-7-3-15(4-8-18)5-10-21(26)24-25-12-11-17-13-16-6-9-19(28-2)14-20(16)23-22(17)25/h3-10,13-14H,11-12H2,1-2H3,(H,24,26). The van der Waals surface area contributed by atoms with Crippen molar-refractivity contribution in [2.24, 2.45) is 0 Å². The highest BCUT2D eigenvalue weighted by molar-refractivity contribution is 5.93. The van der Waals surface area contributed by atoms with E-state index in [0.29, 0.717) is 6.54 Å². The van der Waals surface area contributed by atoms with Gasteiger partial charge in [-0.05, 0) is 54.0 Å². The van der Waals surface area contributed by atoms with Gasteiger partial charge in [-0.2, -0.15) is 0 Å². The molecule has 0 saturated carbocycles. The Morgan fingerprint density at radius 3 is 2.57 bits per heavy atom. The van der Waals surface area contributed by atoms with Crippen molar-refractivity contribution in [1.82, 2.24) is 10.4 Å². The molecule has 1 aromatic heterocycles. The molecular formula is C22H21N3O3. The molecule has 0 fully saturated rings. The molecule has 0 unspecified atom stereocenters. The minimum absolute atomic E-state index is 0.198. The number of nitrogens with one attached hydrogen (secondary N) is 1. The number of aromatic nitrogens is 1. The van der Waals surface area contributed by atoms with Crippen LogP contribution in [0.25, 0.3) is 17.0 Å². The van der Waals surface area contributed by atoms with Gasteiger partial charge in [0.2, 0.25) is 0 Å². The van der Waals surface area contributed by atoms with E-state index in [9.17, 15) is 4.79 Å². The molecule has 1 N–H and O–H groups in total. The largest absolute Gasteiger partial charge is 0.497 e. The van der Waals surface area contributed by atoms with Crippen molar-refractivity contribution in [2.75, 3.05) is 25.8 Å². The minimum atomic E-state index is -0.198. The first kappa shape index (κ1) is 17.9. The number of hydrazine groups is 1. The van der Waals surface area contributed by atoms with Gasteiger partial charge in [-0.25, -0.2) is 4.98 Å². The van der Waals surface area contributed by atoms with Gasteiger partial charge in [0.1, 0.15) is 11.5 Å². The van der Waals surface area contributed by atoms with E-state index in [-0.39, 0.29) is 5.91 Å². The van der Waals surface area contributed by atoms with Crippen LogP contribution < -0.4 is 19.9 Å². The molecule has 1 aliphatic heterocycles. The number of pyridine rings is 1. The number of amides is 1. The summed E-state index contributed by atoms with van der Waals surface area (Å²) in [5.41, 5.74) is 5.80. The maximum Gasteiger partial charge on any atom is 0.262 e. The van der Waals surface area contributed by atoms with E-state index >= 15 is 0 Å². The molecule has 1 amide bonds. The Bertz CT molecular complexity index is 1040. The average molecular weight is 375 g/mol. The molecule has 4 rings (SSSR count). The highest BCUT2D eigenvalue weighted by Crippen LogP contribution is 2.29. The Kier molecular flexibility index (Phi) is 4.85. The molecule has 0 radical (unpaired) electrons. The van der Waals surface area contributed by atoms with E-state index in [2.05, 4.69) is 11.5 Å². The second-order valence-corrected chi connectivity index (χ2v) is 6.51. The third-order valence-corrected chi connectivity index (χ3v) is 4.73. The molecular weight excluding hydrogens is 354 g/mol. The summed E-state index contributed by atoms with van der Waals surface area (Å²) < 4.78 is 10.4. The van der Waals surface area contributed by atoms with Gasteiger partial charge in [0.15, 0.2) is 5.82 Å². The van der Waals surface area contributed by atoms with Crippen LogP contribution in [0.5, 0.6) is 11.5 Å². The number of hydrogen-bond acceptors (Lipinski definition) is 5. The second-order valence-electron chi connectivity index (χ2n) is 6.51. The number of anilines is 1. The summed E-state index contributed by atoms with van der Waals surface area (Å²) >= 11 is 0. The molecule has 0 atom stereocenters. The quantitative estimate of drug-likeness (QED) is 0.693. The van der Waals surface area contributed by atoms with Crippen molar-refractivity contribution in [1.29, 1.82) is 0 Å². The molecule has 6 heteroatoms. The van der Waals surface area contributed by atoms with E-state index in [4.69, 9.17) is 14.5 Å². The molecule has 0 saturated heterocycles. The second kappa shape index (κ2) is 7.60. The molecule has 2 aromatic carbocycles. The highest BCUT2D eigenvalue weighted by Gasteiger charge is 2.22. The SMILES string of the molecule is COc1ccc(C=CC(=O)NN2CCc3cc4ccc(OC)cc4nc32)cc1. The van der Waals surface area contributed by atoms with Gasteiger partial charge in [0, 0.05) is 24.1 Å². The van der Waals surface area contributed by atoms with Crippen molar-refractivity contribution in [3.05, 3.63) is 65.7 Å². The van der Waals surface area contributed by atoms with Gasteiger partial charge in [0.25, 0.3) is 5.91 Å². The fourth-order valence-electron chi connectivity index (χ4n) is 3.23. The summed E-state index contributed by atoms with van der Waals surface area (Å²) in [6.07, 6.45) is 4.13. The molecule has 0 spiro atoms. The number of ether oxygens (including phenoxy) is 2. The zero-order valence-electron chi connectivity index (χ0n) is 15.8. The first-order valence-electron chi connectivity index (χ1n) is 9.04. The van der Waals surface area contributed by atoms with E-state index in [0.717, 1.165) is 45.8 Å². The predicted octanol–water partition coefficient (Wildman–Crippen LogP) is 3.36. The van der Waals surface area contributed by atoms with E-state index in [1.54, 1.807) is 25.3 Å². The highest BCUT2D eigenvalue weighted by atomic mass is 16.5. The number of benzene rings is 2. The van der Waals surface area contributed by atoms with Crippen LogP contribution in [0.3, 0.4) is 0 Å². The third-order valence-electron chi connectivity index (χ3n) is 4.73. The van der Waals surface area contributed by atoms with Crippen LogP contribution in [0.15, 0.2) is 54.6 Å². The maximum absolute atomic E-state index is 12.4.